The van der Waals surface area contributed by atoms with E-state index >= 15 is 0 Å². The summed E-state index contributed by atoms with van der Waals surface area (Å²) in [6.07, 6.45) is 0. The zero-order chi connectivity index (χ0) is 18.6. The molecule has 0 aliphatic carbocycles. The third kappa shape index (κ3) is 4.11. The summed E-state index contributed by atoms with van der Waals surface area (Å²) in [6.45, 7) is 6.97. The number of rotatable bonds is 5. The van der Waals surface area contributed by atoms with Crippen LogP contribution in [0.5, 0.6) is 5.75 Å². The standard InChI is InChI=1S/C21H24N4O2/c1-16-3-5-17(6-4-16)21-22-20(27-23-21)15-24-11-13-25(14-12-24)18-7-9-19(26-2)10-8-18/h3-10H,11-15H2,1-2H3/p+1. The molecule has 6 heteroatoms. The minimum absolute atomic E-state index is 0.668. The van der Waals surface area contributed by atoms with Crippen LogP contribution in [-0.4, -0.2) is 43.4 Å². The van der Waals surface area contributed by atoms with Gasteiger partial charge in [0, 0.05) is 11.3 Å². The van der Waals surface area contributed by atoms with E-state index in [0.717, 1.165) is 44.0 Å². The predicted octanol–water partition coefficient (Wildman–Crippen LogP) is 1.96. The van der Waals surface area contributed by atoms with Crippen molar-refractivity contribution in [3.8, 4) is 17.1 Å². The van der Waals surface area contributed by atoms with Crippen molar-refractivity contribution < 1.29 is 14.2 Å². The topological polar surface area (TPSA) is 55.8 Å². The van der Waals surface area contributed by atoms with E-state index in [1.54, 1.807) is 7.11 Å². The number of hydrogen-bond donors (Lipinski definition) is 1. The first-order chi connectivity index (χ1) is 13.2. The number of methoxy groups -OCH3 is 1. The number of benzene rings is 2. The van der Waals surface area contributed by atoms with Gasteiger partial charge in [-0.25, -0.2) is 0 Å². The molecular formula is C21H25N4O2+. The fourth-order valence-corrected chi connectivity index (χ4v) is 3.41. The molecule has 1 aromatic heterocycles. The maximum Gasteiger partial charge on any atom is 0.282 e. The van der Waals surface area contributed by atoms with Gasteiger partial charge in [0.1, 0.15) is 5.75 Å². The molecule has 2 aromatic carbocycles. The van der Waals surface area contributed by atoms with Crippen molar-refractivity contribution in [1.82, 2.24) is 10.1 Å². The van der Waals surface area contributed by atoms with Gasteiger partial charge in [-0.05, 0) is 31.2 Å². The second-order valence-corrected chi connectivity index (χ2v) is 6.99. The molecule has 1 saturated heterocycles. The van der Waals surface area contributed by atoms with E-state index < -0.39 is 0 Å². The van der Waals surface area contributed by atoms with E-state index in [4.69, 9.17) is 9.26 Å². The van der Waals surface area contributed by atoms with Gasteiger partial charge in [-0.15, -0.1) is 0 Å². The molecule has 2 heterocycles. The van der Waals surface area contributed by atoms with Gasteiger partial charge >= 0.3 is 0 Å². The predicted molar refractivity (Wildman–Crippen MR) is 104 cm³/mol. The molecule has 1 aliphatic rings. The summed E-state index contributed by atoms with van der Waals surface area (Å²) < 4.78 is 10.7. The molecule has 0 atom stereocenters. The second kappa shape index (κ2) is 7.80. The van der Waals surface area contributed by atoms with Crippen LogP contribution in [0, 0.1) is 6.92 Å². The lowest BCUT2D eigenvalue weighted by molar-refractivity contribution is -0.915. The van der Waals surface area contributed by atoms with E-state index in [1.807, 2.05) is 24.3 Å². The van der Waals surface area contributed by atoms with Crippen LogP contribution in [-0.2, 0) is 6.54 Å². The normalized spacial score (nSPS) is 15.1. The summed E-state index contributed by atoms with van der Waals surface area (Å²) in [7, 11) is 1.69. The molecule has 140 valence electrons. The Balaban J connectivity index is 1.33. The van der Waals surface area contributed by atoms with Crippen molar-refractivity contribution in [2.45, 2.75) is 13.5 Å². The lowest BCUT2D eigenvalue weighted by atomic mass is 10.1. The zero-order valence-electron chi connectivity index (χ0n) is 15.8. The van der Waals surface area contributed by atoms with Crippen LogP contribution in [0.4, 0.5) is 5.69 Å². The van der Waals surface area contributed by atoms with Crippen molar-refractivity contribution in [3.05, 3.63) is 60.0 Å². The summed E-state index contributed by atoms with van der Waals surface area (Å²) >= 11 is 0. The molecule has 1 fully saturated rings. The average Bonchev–Trinajstić information content (AvgIpc) is 3.18. The molecule has 1 aliphatic heterocycles. The van der Waals surface area contributed by atoms with Crippen LogP contribution in [0.1, 0.15) is 11.5 Å². The third-order valence-electron chi connectivity index (χ3n) is 5.09. The smallest absolute Gasteiger partial charge is 0.282 e. The largest absolute Gasteiger partial charge is 0.497 e. The highest BCUT2D eigenvalue weighted by atomic mass is 16.5. The molecule has 3 aromatic rings. The summed E-state index contributed by atoms with van der Waals surface area (Å²) in [4.78, 5) is 8.46. The van der Waals surface area contributed by atoms with Gasteiger partial charge in [0.25, 0.3) is 5.89 Å². The van der Waals surface area contributed by atoms with E-state index in [1.165, 1.54) is 16.2 Å². The first-order valence-electron chi connectivity index (χ1n) is 9.33. The van der Waals surface area contributed by atoms with Crippen LogP contribution in [0.15, 0.2) is 53.1 Å². The van der Waals surface area contributed by atoms with Crippen molar-refractivity contribution >= 4 is 5.69 Å². The van der Waals surface area contributed by atoms with Crippen LogP contribution in [0.2, 0.25) is 0 Å². The van der Waals surface area contributed by atoms with Crippen LogP contribution < -0.4 is 14.5 Å². The summed E-state index contributed by atoms with van der Waals surface area (Å²) in [5, 5.41) is 4.14. The van der Waals surface area contributed by atoms with E-state index in [2.05, 4.69) is 46.2 Å². The highest BCUT2D eigenvalue weighted by Crippen LogP contribution is 2.19. The fraction of sp³-hybridized carbons (Fsp3) is 0.333. The van der Waals surface area contributed by atoms with E-state index in [9.17, 15) is 0 Å². The highest BCUT2D eigenvalue weighted by Gasteiger charge is 2.22. The number of nitrogens with zero attached hydrogens (tertiary/aromatic N) is 3. The first kappa shape index (κ1) is 17.5. The Kier molecular flexibility index (Phi) is 5.07. The maximum atomic E-state index is 5.48. The second-order valence-electron chi connectivity index (χ2n) is 6.99. The lowest BCUT2D eigenvalue weighted by Gasteiger charge is -2.33. The number of ether oxygens (including phenoxy) is 1. The molecule has 0 spiro atoms. The summed E-state index contributed by atoms with van der Waals surface area (Å²) in [5.74, 6) is 2.27. The van der Waals surface area contributed by atoms with Gasteiger partial charge in [0.05, 0.1) is 33.3 Å². The molecule has 27 heavy (non-hydrogen) atoms. The Morgan fingerprint density at radius 2 is 1.74 bits per heavy atom. The Morgan fingerprint density at radius 1 is 1.04 bits per heavy atom. The quantitative estimate of drug-likeness (QED) is 0.749. The van der Waals surface area contributed by atoms with Crippen molar-refractivity contribution in [2.75, 3.05) is 38.2 Å². The monoisotopic (exact) mass is 365 g/mol. The van der Waals surface area contributed by atoms with Crippen molar-refractivity contribution in [1.29, 1.82) is 0 Å². The summed E-state index contributed by atoms with van der Waals surface area (Å²) in [6, 6.07) is 16.5. The zero-order valence-corrected chi connectivity index (χ0v) is 15.8. The highest BCUT2D eigenvalue weighted by molar-refractivity contribution is 5.54. The number of aromatic nitrogens is 2. The third-order valence-corrected chi connectivity index (χ3v) is 5.09. The van der Waals surface area contributed by atoms with Crippen LogP contribution in [0.3, 0.4) is 0 Å². The fourth-order valence-electron chi connectivity index (χ4n) is 3.41. The number of quaternary nitrogens is 1. The molecule has 4 rings (SSSR count). The minimum Gasteiger partial charge on any atom is -0.497 e. The molecule has 0 saturated carbocycles. The Hall–Kier alpha value is -2.86. The van der Waals surface area contributed by atoms with E-state index in [-0.39, 0.29) is 0 Å². The SMILES string of the molecule is COc1ccc(N2CC[NH+](Cc3nc(-c4ccc(C)cc4)no3)CC2)cc1. The van der Waals surface area contributed by atoms with Gasteiger partial charge in [-0.3, -0.25) is 0 Å². The molecule has 0 amide bonds. The van der Waals surface area contributed by atoms with Gasteiger partial charge in [-0.1, -0.05) is 35.0 Å². The van der Waals surface area contributed by atoms with Gasteiger partial charge < -0.3 is 19.1 Å². The number of nitrogens with one attached hydrogen (secondary N) is 1. The van der Waals surface area contributed by atoms with Crippen molar-refractivity contribution in [3.63, 3.8) is 0 Å². The van der Waals surface area contributed by atoms with E-state index in [0.29, 0.717) is 11.7 Å². The van der Waals surface area contributed by atoms with Gasteiger partial charge in [-0.2, -0.15) is 4.98 Å². The molecule has 6 nitrogen and oxygen atoms in total. The Labute approximate surface area is 159 Å². The van der Waals surface area contributed by atoms with Crippen molar-refractivity contribution in [2.24, 2.45) is 0 Å². The number of piperazine rings is 1. The molecule has 0 bridgehead atoms. The number of hydrogen-bond acceptors (Lipinski definition) is 5. The van der Waals surface area contributed by atoms with Gasteiger partial charge in [0.2, 0.25) is 5.82 Å². The van der Waals surface area contributed by atoms with Gasteiger partial charge in [0.15, 0.2) is 6.54 Å². The maximum absolute atomic E-state index is 5.48. The first-order valence-corrected chi connectivity index (χ1v) is 9.33. The van der Waals surface area contributed by atoms with Crippen LogP contribution in [0.25, 0.3) is 11.4 Å². The Bertz CT molecular complexity index is 866. The minimum atomic E-state index is 0.668. The lowest BCUT2D eigenvalue weighted by Crippen LogP contribution is -3.13. The molecular weight excluding hydrogens is 340 g/mol. The molecule has 0 radical (unpaired) electrons. The summed E-state index contributed by atoms with van der Waals surface area (Å²) in [5.41, 5.74) is 3.46. The Morgan fingerprint density at radius 3 is 2.41 bits per heavy atom. The average molecular weight is 365 g/mol. The number of aryl methyl sites for hydroxylation is 1. The molecule has 0 unspecified atom stereocenters. The number of anilines is 1. The molecule has 1 N–H and O–H groups in total. The van der Waals surface area contributed by atoms with Crippen LogP contribution >= 0.6 is 0 Å².